The summed E-state index contributed by atoms with van der Waals surface area (Å²) in [6.45, 7) is 0. The maximum atomic E-state index is 10.7. The fourth-order valence-electron chi connectivity index (χ4n) is 1.66. The number of non-ortho nitro benzene ring substituents is 1. The number of thioether (sulfide) groups is 1. The van der Waals surface area contributed by atoms with E-state index in [1.54, 1.807) is 31.0 Å². The molecule has 0 aliphatic carbocycles. The zero-order chi connectivity index (χ0) is 13.7. The standard InChI is InChI=1S/C14H13NO3S/c1-18-13-7-2-3-8-14(13)19-10-11-5-4-6-12(9-11)15(16)17/h2-9H,10H2,1H3. The summed E-state index contributed by atoms with van der Waals surface area (Å²) in [5.74, 6) is 1.49. The van der Waals surface area contributed by atoms with Crippen molar-refractivity contribution >= 4 is 17.4 Å². The molecule has 2 rings (SSSR count). The molecule has 0 aliphatic heterocycles. The molecule has 0 fully saturated rings. The Bertz CT molecular complexity index is 586. The van der Waals surface area contributed by atoms with Crippen LogP contribution in [0.4, 0.5) is 5.69 Å². The predicted molar refractivity (Wildman–Crippen MR) is 75.7 cm³/mol. The Balaban J connectivity index is 2.10. The predicted octanol–water partition coefficient (Wildman–Crippen LogP) is 3.90. The molecule has 0 amide bonds. The highest BCUT2D eigenvalue weighted by molar-refractivity contribution is 7.98. The van der Waals surface area contributed by atoms with Gasteiger partial charge < -0.3 is 4.74 Å². The largest absolute Gasteiger partial charge is 0.496 e. The Hall–Kier alpha value is -2.01. The van der Waals surface area contributed by atoms with Crippen molar-refractivity contribution in [3.8, 4) is 5.75 Å². The van der Waals surface area contributed by atoms with Crippen molar-refractivity contribution < 1.29 is 9.66 Å². The number of nitro benzene ring substituents is 1. The Morgan fingerprint density at radius 3 is 2.74 bits per heavy atom. The number of nitrogens with zero attached hydrogens (tertiary/aromatic N) is 1. The van der Waals surface area contributed by atoms with Gasteiger partial charge in [-0.3, -0.25) is 10.1 Å². The SMILES string of the molecule is COc1ccccc1SCc1cccc([N+](=O)[O-])c1. The maximum absolute atomic E-state index is 10.7. The van der Waals surface area contributed by atoms with Crippen LogP contribution in [0.1, 0.15) is 5.56 Å². The number of methoxy groups -OCH3 is 1. The fraction of sp³-hybridized carbons (Fsp3) is 0.143. The van der Waals surface area contributed by atoms with Crippen LogP contribution in [0.5, 0.6) is 5.75 Å². The Morgan fingerprint density at radius 1 is 1.21 bits per heavy atom. The molecule has 0 aromatic heterocycles. The van der Waals surface area contributed by atoms with E-state index in [9.17, 15) is 10.1 Å². The van der Waals surface area contributed by atoms with Crippen molar-refractivity contribution in [2.75, 3.05) is 7.11 Å². The minimum atomic E-state index is -0.378. The molecule has 2 aromatic carbocycles. The van der Waals surface area contributed by atoms with Gasteiger partial charge in [0.15, 0.2) is 0 Å². The number of hydrogen-bond acceptors (Lipinski definition) is 4. The summed E-state index contributed by atoms with van der Waals surface area (Å²) in [6.07, 6.45) is 0. The average molecular weight is 275 g/mol. The van der Waals surface area contributed by atoms with E-state index in [0.29, 0.717) is 5.75 Å². The van der Waals surface area contributed by atoms with Crippen molar-refractivity contribution in [2.24, 2.45) is 0 Å². The van der Waals surface area contributed by atoms with Crippen LogP contribution in [0.3, 0.4) is 0 Å². The third-order valence-electron chi connectivity index (χ3n) is 2.58. The third-order valence-corrected chi connectivity index (χ3v) is 3.71. The Kier molecular flexibility index (Phi) is 4.41. The van der Waals surface area contributed by atoms with Gasteiger partial charge in [0, 0.05) is 22.8 Å². The molecular weight excluding hydrogens is 262 g/mol. The summed E-state index contributed by atoms with van der Waals surface area (Å²) >= 11 is 1.60. The lowest BCUT2D eigenvalue weighted by molar-refractivity contribution is -0.384. The quantitative estimate of drug-likeness (QED) is 0.472. The second-order valence-corrected chi connectivity index (χ2v) is 4.88. The molecule has 98 valence electrons. The lowest BCUT2D eigenvalue weighted by atomic mass is 10.2. The zero-order valence-corrected chi connectivity index (χ0v) is 11.2. The molecule has 0 aliphatic rings. The molecule has 0 saturated carbocycles. The van der Waals surface area contributed by atoms with Gasteiger partial charge in [-0.15, -0.1) is 11.8 Å². The molecule has 0 heterocycles. The van der Waals surface area contributed by atoms with Crippen LogP contribution in [-0.2, 0) is 5.75 Å². The minimum Gasteiger partial charge on any atom is -0.496 e. The highest BCUT2D eigenvalue weighted by atomic mass is 32.2. The summed E-state index contributed by atoms with van der Waals surface area (Å²) in [6, 6.07) is 14.4. The van der Waals surface area contributed by atoms with Crippen LogP contribution < -0.4 is 4.74 Å². The lowest BCUT2D eigenvalue weighted by Gasteiger charge is -2.07. The van der Waals surface area contributed by atoms with E-state index in [2.05, 4.69) is 0 Å². The zero-order valence-electron chi connectivity index (χ0n) is 10.4. The number of benzene rings is 2. The second-order valence-electron chi connectivity index (χ2n) is 3.87. The van der Waals surface area contributed by atoms with Crippen LogP contribution in [0.2, 0.25) is 0 Å². The number of hydrogen-bond donors (Lipinski definition) is 0. The van der Waals surface area contributed by atoms with Gasteiger partial charge in [-0.05, 0) is 17.7 Å². The first kappa shape index (κ1) is 13.4. The smallest absolute Gasteiger partial charge is 0.269 e. The van der Waals surface area contributed by atoms with Crippen LogP contribution in [0.25, 0.3) is 0 Å². The highest BCUT2D eigenvalue weighted by Crippen LogP contribution is 2.31. The van der Waals surface area contributed by atoms with Crippen molar-refractivity contribution in [3.05, 3.63) is 64.2 Å². The van der Waals surface area contributed by atoms with Gasteiger partial charge in [0.25, 0.3) is 5.69 Å². The van der Waals surface area contributed by atoms with Gasteiger partial charge >= 0.3 is 0 Å². The monoisotopic (exact) mass is 275 g/mol. The molecule has 0 spiro atoms. The van der Waals surface area contributed by atoms with E-state index >= 15 is 0 Å². The summed E-state index contributed by atoms with van der Waals surface area (Å²) < 4.78 is 5.27. The Labute approximate surface area is 115 Å². The topological polar surface area (TPSA) is 52.4 Å². The van der Waals surface area contributed by atoms with E-state index in [1.807, 2.05) is 30.3 Å². The van der Waals surface area contributed by atoms with E-state index in [1.165, 1.54) is 6.07 Å². The van der Waals surface area contributed by atoms with Gasteiger partial charge in [-0.1, -0.05) is 24.3 Å². The minimum absolute atomic E-state index is 0.123. The molecule has 4 nitrogen and oxygen atoms in total. The molecule has 0 atom stereocenters. The molecule has 0 saturated heterocycles. The van der Waals surface area contributed by atoms with Gasteiger partial charge in [-0.25, -0.2) is 0 Å². The van der Waals surface area contributed by atoms with Gasteiger partial charge in [0.05, 0.1) is 12.0 Å². The van der Waals surface area contributed by atoms with Crippen LogP contribution in [-0.4, -0.2) is 12.0 Å². The first-order chi connectivity index (χ1) is 9.20. The van der Waals surface area contributed by atoms with Gasteiger partial charge in [0.1, 0.15) is 5.75 Å². The second kappa shape index (κ2) is 6.24. The number of nitro groups is 1. The highest BCUT2D eigenvalue weighted by Gasteiger charge is 2.07. The molecule has 19 heavy (non-hydrogen) atoms. The van der Waals surface area contributed by atoms with Crippen molar-refractivity contribution in [2.45, 2.75) is 10.6 Å². The van der Waals surface area contributed by atoms with E-state index < -0.39 is 0 Å². The first-order valence-corrected chi connectivity index (χ1v) is 6.68. The van der Waals surface area contributed by atoms with Crippen molar-refractivity contribution in [3.63, 3.8) is 0 Å². The van der Waals surface area contributed by atoms with Gasteiger partial charge in [-0.2, -0.15) is 0 Å². The number of rotatable bonds is 5. The van der Waals surface area contributed by atoms with Crippen LogP contribution in [0, 0.1) is 10.1 Å². The maximum Gasteiger partial charge on any atom is 0.269 e. The first-order valence-electron chi connectivity index (χ1n) is 5.70. The molecule has 0 N–H and O–H groups in total. The molecule has 5 heteroatoms. The van der Waals surface area contributed by atoms with E-state index in [0.717, 1.165) is 16.2 Å². The molecular formula is C14H13NO3S. The number of ether oxygens (including phenoxy) is 1. The van der Waals surface area contributed by atoms with E-state index in [-0.39, 0.29) is 10.6 Å². The molecule has 2 aromatic rings. The fourth-order valence-corrected chi connectivity index (χ4v) is 2.63. The Morgan fingerprint density at radius 2 is 2.00 bits per heavy atom. The molecule has 0 radical (unpaired) electrons. The lowest BCUT2D eigenvalue weighted by Crippen LogP contribution is -1.90. The van der Waals surface area contributed by atoms with Crippen LogP contribution in [0.15, 0.2) is 53.4 Å². The molecule has 0 bridgehead atoms. The summed E-state index contributed by atoms with van der Waals surface area (Å²) in [5.41, 5.74) is 1.04. The molecule has 0 unspecified atom stereocenters. The van der Waals surface area contributed by atoms with E-state index in [4.69, 9.17) is 4.74 Å². The average Bonchev–Trinajstić information content (AvgIpc) is 2.45. The van der Waals surface area contributed by atoms with Crippen LogP contribution >= 0.6 is 11.8 Å². The number of para-hydroxylation sites is 1. The summed E-state index contributed by atoms with van der Waals surface area (Å²) in [7, 11) is 1.63. The van der Waals surface area contributed by atoms with Crippen molar-refractivity contribution in [1.29, 1.82) is 0 Å². The van der Waals surface area contributed by atoms with Crippen molar-refractivity contribution in [1.82, 2.24) is 0 Å². The third kappa shape index (κ3) is 3.48. The summed E-state index contributed by atoms with van der Waals surface area (Å²) in [4.78, 5) is 11.4. The van der Waals surface area contributed by atoms with Gasteiger partial charge in [0.2, 0.25) is 0 Å². The normalized spacial score (nSPS) is 10.2. The summed E-state index contributed by atoms with van der Waals surface area (Å²) in [5, 5.41) is 10.7.